The SMILES string of the molecule is Cc1ccccc1NC(=O)CN(CC(=O)O)CC(F)(F)F. The van der Waals surface area contributed by atoms with E-state index in [4.69, 9.17) is 5.11 Å². The number of halogens is 3. The fourth-order valence-electron chi connectivity index (χ4n) is 1.72. The Morgan fingerprint density at radius 1 is 1.24 bits per heavy atom. The molecule has 1 rings (SSSR count). The van der Waals surface area contributed by atoms with E-state index in [1.54, 1.807) is 31.2 Å². The van der Waals surface area contributed by atoms with Gasteiger partial charge in [0.2, 0.25) is 5.91 Å². The van der Waals surface area contributed by atoms with Crippen molar-refractivity contribution in [2.45, 2.75) is 13.1 Å². The van der Waals surface area contributed by atoms with Crippen molar-refractivity contribution in [1.82, 2.24) is 4.90 Å². The summed E-state index contributed by atoms with van der Waals surface area (Å²) in [6, 6.07) is 6.78. The van der Waals surface area contributed by atoms with Crippen molar-refractivity contribution in [2.24, 2.45) is 0 Å². The molecule has 0 aliphatic rings. The van der Waals surface area contributed by atoms with Gasteiger partial charge in [-0.1, -0.05) is 18.2 Å². The van der Waals surface area contributed by atoms with Crippen LogP contribution >= 0.6 is 0 Å². The summed E-state index contributed by atoms with van der Waals surface area (Å²) in [5.74, 6) is -2.13. The quantitative estimate of drug-likeness (QED) is 0.842. The van der Waals surface area contributed by atoms with E-state index >= 15 is 0 Å². The molecule has 1 amide bonds. The summed E-state index contributed by atoms with van der Waals surface area (Å²) in [6.07, 6.45) is -4.57. The monoisotopic (exact) mass is 304 g/mol. The smallest absolute Gasteiger partial charge is 0.401 e. The topological polar surface area (TPSA) is 69.6 Å². The third kappa shape index (κ3) is 6.75. The average molecular weight is 304 g/mol. The van der Waals surface area contributed by atoms with E-state index in [-0.39, 0.29) is 0 Å². The summed E-state index contributed by atoms with van der Waals surface area (Å²) in [5, 5.41) is 11.0. The number of para-hydroxylation sites is 1. The lowest BCUT2D eigenvalue weighted by Crippen LogP contribution is -2.42. The van der Waals surface area contributed by atoms with Crippen LogP contribution in [0.1, 0.15) is 5.56 Å². The molecule has 2 N–H and O–H groups in total. The molecule has 5 nitrogen and oxygen atoms in total. The number of aryl methyl sites for hydroxylation is 1. The fraction of sp³-hybridized carbons (Fsp3) is 0.385. The van der Waals surface area contributed by atoms with Crippen molar-refractivity contribution in [1.29, 1.82) is 0 Å². The van der Waals surface area contributed by atoms with Gasteiger partial charge in [0, 0.05) is 5.69 Å². The van der Waals surface area contributed by atoms with E-state index in [0.29, 0.717) is 10.6 Å². The van der Waals surface area contributed by atoms with E-state index in [1.807, 2.05) is 0 Å². The van der Waals surface area contributed by atoms with E-state index in [9.17, 15) is 22.8 Å². The number of hydrogen-bond donors (Lipinski definition) is 2. The molecule has 0 spiro atoms. The number of anilines is 1. The highest BCUT2D eigenvalue weighted by atomic mass is 19.4. The lowest BCUT2D eigenvalue weighted by Gasteiger charge is -2.21. The van der Waals surface area contributed by atoms with Gasteiger partial charge in [0.25, 0.3) is 0 Å². The predicted molar refractivity (Wildman–Crippen MR) is 69.9 cm³/mol. The number of alkyl halides is 3. The third-order valence-electron chi connectivity index (χ3n) is 2.55. The molecule has 0 aromatic heterocycles. The summed E-state index contributed by atoms with van der Waals surface area (Å²) >= 11 is 0. The number of benzene rings is 1. The first kappa shape index (κ1) is 17.0. The number of aliphatic carboxylic acids is 1. The molecule has 0 fully saturated rings. The maximum Gasteiger partial charge on any atom is 0.401 e. The number of carbonyl (C=O) groups is 2. The first-order valence-electron chi connectivity index (χ1n) is 6.04. The second-order valence-corrected chi connectivity index (χ2v) is 4.52. The lowest BCUT2D eigenvalue weighted by atomic mass is 10.2. The summed E-state index contributed by atoms with van der Waals surface area (Å²) in [6.45, 7) is -1.23. The Kier molecular flexibility index (Phi) is 5.71. The first-order valence-corrected chi connectivity index (χ1v) is 6.04. The minimum absolute atomic E-state index is 0.477. The van der Waals surface area contributed by atoms with E-state index < -0.39 is 37.7 Å². The standard InChI is InChI=1S/C13H15F3N2O3/c1-9-4-2-3-5-10(9)17-11(19)6-18(7-12(20)21)8-13(14,15)16/h2-5H,6-8H2,1H3,(H,17,19)(H,20,21). The lowest BCUT2D eigenvalue weighted by molar-refractivity contribution is -0.154. The summed E-state index contributed by atoms with van der Waals surface area (Å²) in [7, 11) is 0. The second kappa shape index (κ2) is 7.07. The average Bonchev–Trinajstić information content (AvgIpc) is 2.28. The van der Waals surface area contributed by atoms with Crippen LogP contribution in [0.2, 0.25) is 0 Å². The molecule has 0 saturated heterocycles. The van der Waals surface area contributed by atoms with E-state index in [1.165, 1.54) is 0 Å². The van der Waals surface area contributed by atoms with Crippen molar-refractivity contribution in [3.63, 3.8) is 0 Å². The fourth-order valence-corrected chi connectivity index (χ4v) is 1.72. The molecule has 0 bridgehead atoms. The molecule has 0 radical (unpaired) electrons. The summed E-state index contributed by atoms with van der Waals surface area (Å²) in [4.78, 5) is 22.8. The first-order chi connectivity index (χ1) is 9.67. The van der Waals surface area contributed by atoms with Crippen molar-refractivity contribution >= 4 is 17.6 Å². The molecule has 8 heteroatoms. The molecule has 0 atom stereocenters. The molecule has 116 valence electrons. The Balaban J connectivity index is 2.67. The maximum absolute atomic E-state index is 12.3. The molecule has 0 aliphatic carbocycles. The zero-order valence-corrected chi connectivity index (χ0v) is 11.3. The minimum Gasteiger partial charge on any atom is -0.480 e. The molecular formula is C13H15F3N2O3. The van der Waals surface area contributed by atoms with Crippen LogP contribution < -0.4 is 5.32 Å². The zero-order valence-electron chi connectivity index (χ0n) is 11.3. The van der Waals surface area contributed by atoms with Gasteiger partial charge in [0.15, 0.2) is 0 Å². The molecule has 0 saturated carbocycles. The molecule has 0 heterocycles. The van der Waals surface area contributed by atoms with Crippen molar-refractivity contribution in [2.75, 3.05) is 25.0 Å². The van der Waals surface area contributed by atoms with Crippen LogP contribution in [0.25, 0.3) is 0 Å². The predicted octanol–water partition coefficient (Wildman–Crippen LogP) is 1.88. The molecule has 0 unspecified atom stereocenters. The van der Waals surface area contributed by atoms with Gasteiger partial charge < -0.3 is 10.4 Å². The molecule has 0 aliphatic heterocycles. The highest BCUT2D eigenvalue weighted by Crippen LogP contribution is 2.17. The van der Waals surface area contributed by atoms with Gasteiger partial charge >= 0.3 is 12.1 Å². The number of nitrogens with zero attached hydrogens (tertiary/aromatic N) is 1. The van der Waals surface area contributed by atoms with Gasteiger partial charge in [-0.15, -0.1) is 0 Å². The largest absolute Gasteiger partial charge is 0.480 e. The maximum atomic E-state index is 12.3. The van der Waals surface area contributed by atoms with Crippen LogP contribution in [0.15, 0.2) is 24.3 Å². The number of nitrogens with one attached hydrogen (secondary N) is 1. The number of carboxylic acid groups (broad SMARTS) is 1. The van der Waals surface area contributed by atoms with Crippen molar-refractivity contribution < 1.29 is 27.9 Å². The number of amides is 1. The number of rotatable bonds is 6. The van der Waals surface area contributed by atoms with Gasteiger partial charge in [-0.3, -0.25) is 14.5 Å². The van der Waals surface area contributed by atoms with Crippen LogP contribution in [-0.4, -0.2) is 47.7 Å². The summed E-state index contributed by atoms with van der Waals surface area (Å²) in [5.41, 5.74) is 1.23. The van der Waals surface area contributed by atoms with Gasteiger partial charge in [-0.25, -0.2) is 0 Å². The Bertz CT molecular complexity index is 518. The molecule has 21 heavy (non-hydrogen) atoms. The van der Waals surface area contributed by atoms with Gasteiger partial charge in [-0.2, -0.15) is 13.2 Å². The highest BCUT2D eigenvalue weighted by molar-refractivity contribution is 5.93. The number of carboxylic acids is 1. The summed E-state index contributed by atoms with van der Waals surface area (Å²) < 4.78 is 37.0. The minimum atomic E-state index is -4.57. The van der Waals surface area contributed by atoms with Crippen LogP contribution in [0.5, 0.6) is 0 Å². The van der Waals surface area contributed by atoms with Crippen LogP contribution in [0, 0.1) is 6.92 Å². The molecular weight excluding hydrogens is 289 g/mol. The Labute approximate surface area is 119 Å². The second-order valence-electron chi connectivity index (χ2n) is 4.52. The van der Waals surface area contributed by atoms with E-state index in [0.717, 1.165) is 5.56 Å². The van der Waals surface area contributed by atoms with Crippen LogP contribution in [0.4, 0.5) is 18.9 Å². The zero-order chi connectivity index (χ0) is 16.0. The Morgan fingerprint density at radius 3 is 2.38 bits per heavy atom. The highest BCUT2D eigenvalue weighted by Gasteiger charge is 2.32. The molecule has 1 aromatic rings. The van der Waals surface area contributed by atoms with Crippen LogP contribution in [0.3, 0.4) is 0 Å². The van der Waals surface area contributed by atoms with Crippen molar-refractivity contribution in [3.8, 4) is 0 Å². The normalized spacial score (nSPS) is 11.5. The van der Waals surface area contributed by atoms with Gasteiger partial charge in [0.05, 0.1) is 19.6 Å². The number of carbonyl (C=O) groups excluding carboxylic acids is 1. The Morgan fingerprint density at radius 2 is 1.86 bits per heavy atom. The van der Waals surface area contributed by atoms with Gasteiger partial charge in [-0.05, 0) is 18.6 Å². The van der Waals surface area contributed by atoms with Gasteiger partial charge in [0.1, 0.15) is 0 Å². The third-order valence-corrected chi connectivity index (χ3v) is 2.55. The van der Waals surface area contributed by atoms with E-state index in [2.05, 4.69) is 5.32 Å². The number of hydrogen-bond acceptors (Lipinski definition) is 3. The Hall–Kier alpha value is -2.09. The van der Waals surface area contributed by atoms with Crippen LogP contribution in [-0.2, 0) is 9.59 Å². The van der Waals surface area contributed by atoms with Crippen molar-refractivity contribution in [3.05, 3.63) is 29.8 Å². The molecule has 1 aromatic carbocycles.